The van der Waals surface area contributed by atoms with Crippen molar-refractivity contribution in [3.05, 3.63) is 6.42 Å². The summed E-state index contributed by atoms with van der Waals surface area (Å²) < 4.78 is 0. The van der Waals surface area contributed by atoms with E-state index < -0.39 is 0 Å². The second-order valence-corrected chi connectivity index (χ2v) is 1.95. The highest BCUT2D eigenvalue weighted by Gasteiger charge is 1.81. The SMILES string of the molecule is CC[CH]CCC[S]. The molecule has 0 heterocycles. The fourth-order valence-electron chi connectivity index (χ4n) is 0.432. The van der Waals surface area contributed by atoms with Gasteiger partial charge in [-0.2, -0.15) is 0 Å². The maximum Gasteiger partial charge on any atom is 0.00370 e. The van der Waals surface area contributed by atoms with Crippen LogP contribution < -0.4 is 0 Å². The summed E-state index contributed by atoms with van der Waals surface area (Å²) in [6, 6.07) is 0. The Morgan fingerprint density at radius 2 is 2.29 bits per heavy atom. The van der Waals surface area contributed by atoms with Gasteiger partial charge in [0.2, 0.25) is 0 Å². The molecule has 0 nitrogen and oxygen atoms in total. The van der Waals surface area contributed by atoms with Crippen molar-refractivity contribution in [2.75, 3.05) is 5.75 Å². The van der Waals surface area contributed by atoms with E-state index in [-0.39, 0.29) is 0 Å². The third-order valence-electron chi connectivity index (χ3n) is 0.841. The molecular formula is C6H12S. The van der Waals surface area contributed by atoms with E-state index in [2.05, 4.69) is 13.3 Å². The van der Waals surface area contributed by atoms with E-state index in [9.17, 15) is 0 Å². The first-order valence-corrected chi connectivity index (χ1v) is 3.39. The lowest BCUT2D eigenvalue weighted by Gasteiger charge is -1.89. The molecule has 0 spiro atoms. The van der Waals surface area contributed by atoms with Crippen molar-refractivity contribution in [2.45, 2.75) is 26.2 Å². The molecule has 0 aromatic carbocycles. The maximum atomic E-state index is 4.75. The summed E-state index contributed by atoms with van der Waals surface area (Å²) >= 11 is 4.75. The minimum atomic E-state index is 0.913. The third kappa shape index (κ3) is 6.35. The number of unbranched alkanes of at least 4 members (excludes halogenated alkanes) is 3. The Balaban J connectivity index is 2.45. The molecule has 0 amide bonds. The molecule has 1 heteroatoms. The highest BCUT2D eigenvalue weighted by molar-refractivity contribution is 7.80. The van der Waals surface area contributed by atoms with Crippen LogP contribution in [0.5, 0.6) is 0 Å². The summed E-state index contributed by atoms with van der Waals surface area (Å²) in [4.78, 5) is 0. The summed E-state index contributed by atoms with van der Waals surface area (Å²) in [5.41, 5.74) is 0. The standard InChI is InChI=1S/C6H12S/c1-2-3-4-5-6-7/h3H,2,4-6H2,1H3. The summed E-state index contributed by atoms with van der Waals surface area (Å²) in [6.45, 7) is 2.16. The molecule has 0 fully saturated rings. The van der Waals surface area contributed by atoms with Gasteiger partial charge in [-0.05, 0) is 19.3 Å². The predicted octanol–water partition coefficient (Wildman–Crippen LogP) is 2.58. The summed E-state index contributed by atoms with van der Waals surface area (Å²) in [7, 11) is 0. The van der Waals surface area contributed by atoms with Gasteiger partial charge in [0.1, 0.15) is 0 Å². The van der Waals surface area contributed by atoms with Gasteiger partial charge in [0, 0.05) is 5.75 Å². The molecule has 42 valence electrons. The van der Waals surface area contributed by atoms with Crippen molar-refractivity contribution >= 4 is 12.6 Å². The van der Waals surface area contributed by atoms with Gasteiger partial charge in [0.25, 0.3) is 0 Å². The van der Waals surface area contributed by atoms with Gasteiger partial charge in [-0.15, -0.1) is 0 Å². The van der Waals surface area contributed by atoms with Gasteiger partial charge in [-0.25, -0.2) is 0 Å². The van der Waals surface area contributed by atoms with Crippen molar-refractivity contribution in [2.24, 2.45) is 0 Å². The van der Waals surface area contributed by atoms with Gasteiger partial charge in [-0.3, -0.25) is 0 Å². The van der Waals surface area contributed by atoms with Crippen LogP contribution in [0.25, 0.3) is 0 Å². The van der Waals surface area contributed by atoms with Crippen LogP contribution in [-0.4, -0.2) is 5.75 Å². The molecule has 0 N–H and O–H groups in total. The van der Waals surface area contributed by atoms with Crippen molar-refractivity contribution < 1.29 is 0 Å². The lowest BCUT2D eigenvalue weighted by atomic mass is 10.2. The minimum absolute atomic E-state index is 0.913. The molecule has 2 radical (unpaired) electrons. The molecule has 0 aromatic rings. The van der Waals surface area contributed by atoms with Crippen LogP contribution in [0.15, 0.2) is 0 Å². The third-order valence-corrected chi connectivity index (χ3v) is 1.13. The predicted molar refractivity (Wildman–Crippen MR) is 36.3 cm³/mol. The molecule has 0 unspecified atom stereocenters. The quantitative estimate of drug-likeness (QED) is 0.495. The monoisotopic (exact) mass is 116 g/mol. The van der Waals surface area contributed by atoms with Crippen LogP contribution in [0.1, 0.15) is 26.2 Å². The van der Waals surface area contributed by atoms with E-state index in [1.54, 1.807) is 0 Å². The first-order chi connectivity index (χ1) is 3.41. The Kier molecular flexibility index (Phi) is 6.67. The van der Waals surface area contributed by atoms with E-state index >= 15 is 0 Å². The number of rotatable bonds is 4. The fourth-order valence-corrected chi connectivity index (χ4v) is 0.598. The molecule has 0 aliphatic rings. The lowest BCUT2D eigenvalue weighted by molar-refractivity contribution is 0.861. The zero-order valence-electron chi connectivity index (χ0n) is 4.81. The Hall–Kier alpha value is 0.350. The minimum Gasteiger partial charge on any atom is -0.0942 e. The average molecular weight is 116 g/mol. The van der Waals surface area contributed by atoms with Gasteiger partial charge >= 0.3 is 0 Å². The summed E-state index contributed by atoms with van der Waals surface area (Å²) in [6.07, 6.45) is 5.85. The largest absolute Gasteiger partial charge is 0.0942 e. The Morgan fingerprint density at radius 1 is 1.57 bits per heavy atom. The van der Waals surface area contributed by atoms with Crippen molar-refractivity contribution in [3.8, 4) is 0 Å². The molecule has 0 bridgehead atoms. The van der Waals surface area contributed by atoms with Crippen molar-refractivity contribution in [1.29, 1.82) is 0 Å². The van der Waals surface area contributed by atoms with Crippen LogP contribution in [0, 0.1) is 6.42 Å². The topological polar surface area (TPSA) is 0 Å². The van der Waals surface area contributed by atoms with E-state index in [0.29, 0.717) is 0 Å². The molecular weight excluding hydrogens is 104 g/mol. The highest BCUT2D eigenvalue weighted by Crippen LogP contribution is 1.97. The molecule has 0 aliphatic heterocycles. The smallest absolute Gasteiger partial charge is 0.00370 e. The average Bonchev–Trinajstić information content (AvgIpc) is 1.69. The van der Waals surface area contributed by atoms with Gasteiger partial charge < -0.3 is 0 Å². The van der Waals surface area contributed by atoms with E-state index in [1.165, 1.54) is 19.3 Å². The zero-order valence-corrected chi connectivity index (χ0v) is 5.63. The normalized spacial score (nSPS) is 9.43. The Bertz CT molecular complexity index is 23.4. The Morgan fingerprint density at radius 3 is 2.71 bits per heavy atom. The van der Waals surface area contributed by atoms with Crippen LogP contribution >= 0.6 is 12.6 Å². The van der Waals surface area contributed by atoms with Crippen LogP contribution in [0.2, 0.25) is 0 Å². The second-order valence-electron chi connectivity index (χ2n) is 1.54. The van der Waals surface area contributed by atoms with E-state index in [4.69, 9.17) is 12.6 Å². The summed E-state index contributed by atoms with van der Waals surface area (Å²) in [5.74, 6) is 0.913. The van der Waals surface area contributed by atoms with E-state index in [1.807, 2.05) is 0 Å². The van der Waals surface area contributed by atoms with Crippen LogP contribution in [0.3, 0.4) is 0 Å². The van der Waals surface area contributed by atoms with Crippen LogP contribution in [0.4, 0.5) is 0 Å². The van der Waals surface area contributed by atoms with Crippen LogP contribution in [-0.2, 0) is 0 Å². The first-order valence-electron chi connectivity index (χ1n) is 2.81. The maximum absolute atomic E-state index is 4.75. The van der Waals surface area contributed by atoms with Crippen molar-refractivity contribution in [3.63, 3.8) is 0 Å². The Labute approximate surface area is 51.7 Å². The molecule has 0 aromatic heterocycles. The highest BCUT2D eigenvalue weighted by atomic mass is 32.1. The molecule has 0 atom stereocenters. The molecule has 7 heavy (non-hydrogen) atoms. The zero-order chi connectivity index (χ0) is 5.54. The first kappa shape index (κ1) is 7.35. The molecule has 0 aliphatic carbocycles. The molecule has 0 saturated carbocycles. The number of hydrogen-bond donors (Lipinski definition) is 0. The fraction of sp³-hybridized carbons (Fsp3) is 0.833. The second kappa shape index (κ2) is 6.35. The van der Waals surface area contributed by atoms with E-state index in [0.717, 1.165) is 5.75 Å². The van der Waals surface area contributed by atoms with Crippen molar-refractivity contribution in [1.82, 2.24) is 0 Å². The number of hydrogen-bond acceptors (Lipinski definition) is 0. The molecule has 0 rings (SSSR count). The summed E-state index contributed by atoms with van der Waals surface area (Å²) in [5, 5.41) is 0. The van der Waals surface area contributed by atoms with Gasteiger partial charge in [-0.1, -0.05) is 26.0 Å². The lowest BCUT2D eigenvalue weighted by Crippen LogP contribution is -1.75. The van der Waals surface area contributed by atoms with Gasteiger partial charge in [0.05, 0.1) is 0 Å². The van der Waals surface area contributed by atoms with Gasteiger partial charge in [0.15, 0.2) is 0 Å². The molecule has 0 saturated heterocycles.